The number of hydrogen-bond acceptors (Lipinski definition) is 2. The van der Waals surface area contributed by atoms with Crippen molar-refractivity contribution in [1.29, 1.82) is 0 Å². The van der Waals surface area contributed by atoms with E-state index in [-0.39, 0.29) is 5.48 Å². The Balaban J connectivity index is 0.00000121. The summed E-state index contributed by atoms with van der Waals surface area (Å²) < 4.78 is 0. The van der Waals surface area contributed by atoms with Gasteiger partial charge in [0.25, 0.3) is 0 Å². The zero-order valence-corrected chi connectivity index (χ0v) is 10.7. The third kappa shape index (κ3) is 1.92. The maximum atomic E-state index is 4.65. The van der Waals surface area contributed by atoms with Crippen LogP contribution < -0.4 is 0 Å². The van der Waals surface area contributed by atoms with Crippen molar-refractivity contribution in [2.75, 3.05) is 0 Å². The van der Waals surface area contributed by atoms with Gasteiger partial charge in [-0.1, -0.05) is 36.4 Å². The maximum absolute atomic E-state index is 4.65. The van der Waals surface area contributed by atoms with Gasteiger partial charge in [-0.25, -0.2) is 9.97 Å². The van der Waals surface area contributed by atoms with Crippen molar-refractivity contribution < 1.29 is 5.48 Å². The van der Waals surface area contributed by atoms with E-state index in [9.17, 15) is 0 Å². The first-order chi connectivity index (χ1) is 9.40. The summed E-state index contributed by atoms with van der Waals surface area (Å²) in [7, 11) is 0. The molecule has 2 heterocycles. The summed E-state index contributed by atoms with van der Waals surface area (Å²) in [5, 5.41) is 1.14. The first-order valence-electron chi connectivity index (χ1n) is 6.21. The Morgan fingerprint density at radius 3 is 2.30 bits per heavy atom. The van der Waals surface area contributed by atoms with Crippen molar-refractivity contribution in [2.45, 2.75) is 0 Å². The van der Waals surface area contributed by atoms with Crippen molar-refractivity contribution in [2.24, 2.45) is 0 Å². The predicted octanol–water partition coefficient (Wildman–Crippen LogP) is 2.95. The van der Waals surface area contributed by atoms with Crippen LogP contribution in [0, 0.1) is 0 Å². The van der Waals surface area contributed by atoms with E-state index in [0.717, 1.165) is 33.5 Å². The molecule has 3 N–H and O–H groups in total. The summed E-state index contributed by atoms with van der Waals surface area (Å²) in [6.45, 7) is 0. The Morgan fingerprint density at radius 2 is 1.45 bits per heavy atom. The van der Waals surface area contributed by atoms with Gasteiger partial charge >= 0.3 is 0 Å². The summed E-state index contributed by atoms with van der Waals surface area (Å²) in [6, 6.07) is 20.2. The fourth-order valence-corrected chi connectivity index (χ4v) is 2.27. The minimum Gasteiger partial charge on any atom is -0.412 e. The molecule has 0 aliphatic heterocycles. The molecule has 4 rings (SSSR count). The topological polar surface area (TPSA) is 73.1 Å². The molecule has 0 unspecified atom stereocenters. The van der Waals surface area contributed by atoms with Crippen LogP contribution in [0.25, 0.3) is 33.5 Å². The number of aromatic amines is 1. The summed E-state index contributed by atoms with van der Waals surface area (Å²) in [5.41, 5.74) is 3.86. The van der Waals surface area contributed by atoms with Crippen molar-refractivity contribution in [3.63, 3.8) is 0 Å². The monoisotopic (exact) mass is 263 g/mol. The van der Waals surface area contributed by atoms with Gasteiger partial charge in [0.05, 0.1) is 16.6 Å². The Kier molecular flexibility index (Phi) is 2.93. The zero-order chi connectivity index (χ0) is 12.7. The molecule has 0 radical (unpaired) electrons. The molecule has 0 atom stereocenters. The minimum absolute atomic E-state index is 0. The SMILES string of the molecule is O.c1ccc2nc(-c3nc4ccccc4[nH]3)ccc2c1. The third-order valence-electron chi connectivity index (χ3n) is 3.23. The third-order valence-corrected chi connectivity index (χ3v) is 3.23. The van der Waals surface area contributed by atoms with Gasteiger partial charge in [-0.05, 0) is 24.3 Å². The number of fused-ring (bicyclic) bond motifs is 2. The van der Waals surface area contributed by atoms with Gasteiger partial charge in [0.2, 0.25) is 0 Å². The number of pyridine rings is 1. The lowest BCUT2D eigenvalue weighted by Gasteiger charge is -1.99. The fourth-order valence-electron chi connectivity index (χ4n) is 2.27. The molecule has 0 spiro atoms. The normalized spacial score (nSPS) is 10.6. The number of aromatic nitrogens is 3. The maximum Gasteiger partial charge on any atom is 0.157 e. The molecule has 20 heavy (non-hydrogen) atoms. The van der Waals surface area contributed by atoms with Crippen molar-refractivity contribution in [3.05, 3.63) is 60.7 Å². The highest BCUT2D eigenvalue weighted by Gasteiger charge is 2.06. The Labute approximate surface area is 115 Å². The molecule has 2 aromatic carbocycles. The van der Waals surface area contributed by atoms with Crippen LogP contribution in [0.1, 0.15) is 0 Å². The van der Waals surface area contributed by atoms with E-state index in [2.05, 4.69) is 27.1 Å². The Hall–Kier alpha value is -2.72. The van der Waals surface area contributed by atoms with Gasteiger partial charge < -0.3 is 10.5 Å². The molecule has 0 aliphatic rings. The van der Waals surface area contributed by atoms with Gasteiger partial charge in [-0.3, -0.25) is 0 Å². The summed E-state index contributed by atoms with van der Waals surface area (Å²) in [6.07, 6.45) is 0. The number of imidazole rings is 1. The van der Waals surface area contributed by atoms with Crippen LogP contribution in [0.15, 0.2) is 60.7 Å². The molecule has 98 valence electrons. The molecule has 4 aromatic rings. The highest BCUT2D eigenvalue weighted by molar-refractivity contribution is 5.83. The summed E-state index contributed by atoms with van der Waals surface area (Å²) in [5.74, 6) is 0.812. The molecule has 4 nitrogen and oxygen atoms in total. The molecule has 2 aromatic heterocycles. The second-order valence-corrected chi connectivity index (χ2v) is 4.49. The molecule has 0 saturated carbocycles. The van der Waals surface area contributed by atoms with Gasteiger partial charge in [0.15, 0.2) is 5.82 Å². The predicted molar refractivity (Wildman–Crippen MR) is 80.4 cm³/mol. The molecule has 0 bridgehead atoms. The second-order valence-electron chi connectivity index (χ2n) is 4.49. The average molecular weight is 263 g/mol. The molecule has 4 heteroatoms. The van der Waals surface area contributed by atoms with Crippen LogP contribution in [0.4, 0.5) is 0 Å². The lowest BCUT2D eigenvalue weighted by Crippen LogP contribution is -1.86. The van der Waals surface area contributed by atoms with E-state index in [1.807, 2.05) is 48.5 Å². The minimum atomic E-state index is 0. The number of H-pyrrole nitrogens is 1. The summed E-state index contributed by atoms with van der Waals surface area (Å²) >= 11 is 0. The number of rotatable bonds is 1. The molecule has 0 amide bonds. The van der Waals surface area contributed by atoms with Gasteiger partial charge in [0.1, 0.15) is 5.69 Å². The van der Waals surface area contributed by atoms with E-state index in [1.54, 1.807) is 0 Å². The highest BCUT2D eigenvalue weighted by Crippen LogP contribution is 2.21. The Morgan fingerprint density at radius 1 is 0.700 bits per heavy atom. The average Bonchev–Trinajstić information content (AvgIpc) is 2.90. The summed E-state index contributed by atoms with van der Waals surface area (Å²) in [4.78, 5) is 12.5. The number of nitrogens with zero attached hydrogens (tertiary/aromatic N) is 2. The van der Waals surface area contributed by atoms with Gasteiger partial charge in [-0.2, -0.15) is 0 Å². The van der Waals surface area contributed by atoms with E-state index in [1.165, 1.54) is 0 Å². The lowest BCUT2D eigenvalue weighted by molar-refractivity contribution is 0.824. The van der Waals surface area contributed by atoms with Crippen molar-refractivity contribution in [3.8, 4) is 11.5 Å². The molecule has 0 fully saturated rings. The van der Waals surface area contributed by atoms with Gasteiger partial charge in [0, 0.05) is 5.39 Å². The van der Waals surface area contributed by atoms with Crippen LogP contribution >= 0.6 is 0 Å². The van der Waals surface area contributed by atoms with Crippen molar-refractivity contribution in [1.82, 2.24) is 15.0 Å². The van der Waals surface area contributed by atoms with Gasteiger partial charge in [-0.15, -0.1) is 0 Å². The quantitative estimate of drug-likeness (QED) is 0.573. The molecular formula is C16H13N3O. The first-order valence-corrected chi connectivity index (χ1v) is 6.21. The van der Waals surface area contributed by atoms with Crippen LogP contribution in [-0.4, -0.2) is 20.4 Å². The molecular weight excluding hydrogens is 250 g/mol. The standard InChI is InChI=1S/C16H11N3.H2O/c1-2-6-12-11(5-1)9-10-15(17-12)16-18-13-7-3-4-8-14(13)19-16;/h1-10H,(H,18,19);1H2. The second kappa shape index (κ2) is 4.75. The highest BCUT2D eigenvalue weighted by atomic mass is 16.0. The van der Waals surface area contributed by atoms with E-state index in [4.69, 9.17) is 0 Å². The van der Waals surface area contributed by atoms with Crippen LogP contribution in [-0.2, 0) is 0 Å². The molecule has 0 aliphatic carbocycles. The Bertz CT molecular complexity index is 850. The van der Waals surface area contributed by atoms with E-state index < -0.39 is 0 Å². The largest absolute Gasteiger partial charge is 0.412 e. The number of nitrogens with one attached hydrogen (secondary N) is 1. The van der Waals surface area contributed by atoms with Crippen molar-refractivity contribution >= 4 is 21.9 Å². The van der Waals surface area contributed by atoms with Crippen LogP contribution in [0.5, 0.6) is 0 Å². The van der Waals surface area contributed by atoms with E-state index in [0.29, 0.717) is 0 Å². The number of benzene rings is 2. The fraction of sp³-hybridized carbons (Fsp3) is 0. The molecule has 0 saturated heterocycles. The number of para-hydroxylation sites is 3. The zero-order valence-electron chi connectivity index (χ0n) is 10.7. The lowest BCUT2D eigenvalue weighted by atomic mass is 10.2. The van der Waals surface area contributed by atoms with Crippen LogP contribution in [0.2, 0.25) is 0 Å². The number of hydrogen-bond donors (Lipinski definition) is 1. The smallest absolute Gasteiger partial charge is 0.157 e. The first kappa shape index (κ1) is 12.3. The van der Waals surface area contributed by atoms with Crippen LogP contribution in [0.3, 0.4) is 0 Å². The van der Waals surface area contributed by atoms with E-state index >= 15 is 0 Å².